The second-order valence-electron chi connectivity index (χ2n) is 5.80. The van der Waals surface area contributed by atoms with Gasteiger partial charge in [-0.05, 0) is 45.8 Å². The Morgan fingerprint density at radius 1 is 0.682 bits per heavy atom. The quantitative estimate of drug-likeness (QED) is 0.492. The van der Waals surface area contributed by atoms with E-state index < -0.39 is 0 Å². The number of fused-ring (bicyclic) bond motifs is 4. The van der Waals surface area contributed by atoms with Crippen LogP contribution in [0.3, 0.4) is 0 Å². The molecule has 0 aliphatic heterocycles. The van der Waals surface area contributed by atoms with E-state index in [2.05, 4.69) is 24.3 Å². The van der Waals surface area contributed by atoms with E-state index >= 15 is 0 Å². The van der Waals surface area contributed by atoms with E-state index in [4.69, 9.17) is 0 Å². The smallest absolute Gasteiger partial charge is 0.131 e. The largest absolute Gasteiger partial charge is 0.507 e. The average molecular weight is 284 g/mol. The highest BCUT2D eigenvalue weighted by Crippen LogP contribution is 2.36. The van der Waals surface area contributed by atoms with Crippen molar-refractivity contribution in [2.24, 2.45) is 0 Å². The van der Waals surface area contributed by atoms with Crippen LogP contribution in [0.5, 0.6) is 11.5 Å². The number of phenols is 2. The first kappa shape index (κ1) is 11.6. The number of rotatable bonds is 0. The van der Waals surface area contributed by atoms with Crippen LogP contribution < -0.4 is 10.4 Å². The van der Waals surface area contributed by atoms with E-state index in [0.717, 1.165) is 10.8 Å². The van der Waals surface area contributed by atoms with Crippen molar-refractivity contribution in [1.29, 1.82) is 0 Å². The molecule has 5 rings (SSSR count). The van der Waals surface area contributed by atoms with Crippen LogP contribution in [0.15, 0.2) is 36.4 Å². The monoisotopic (exact) mass is 284 g/mol. The van der Waals surface area contributed by atoms with E-state index in [1.807, 2.05) is 36.4 Å². The van der Waals surface area contributed by atoms with Gasteiger partial charge in [0, 0.05) is 21.6 Å². The van der Waals surface area contributed by atoms with Gasteiger partial charge in [0.2, 0.25) is 0 Å². The number of allylic oxidation sites excluding steroid dienone is 2. The van der Waals surface area contributed by atoms with Gasteiger partial charge >= 0.3 is 0 Å². The molecule has 0 radical (unpaired) electrons. The van der Waals surface area contributed by atoms with E-state index in [-0.39, 0.29) is 11.5 Å². The van der Waals surface area contributed by atoms with Gasteiger partial charge in [-0.15, -0.1) is 0 Å². The number of phenolic OH excluding ortho intramolecular Hbond substituents is 2. The second-order valence-corrected chi connectivity index (χ2v) is 5.80. The molecule has 0 unspecified atom stereocenters. The summed E-state index contributed by atoms with van der Waals surface area (Å²) in [6, 6.07) is 8.16. The molecular weight excluding hydrogens is 272 g/mol. The molecule has 0 amide bonds. The summed E-state index contributed by atoms with van der Waals surface area (Å²) in [6.07, 6.45) is 11.7. The minimum Gasteiger partial charge on any atom is -0.507 e. The first-order chi connectivity index (χ1) is 10.7. The molecule has 0 saturated heterocycles. The molecule has 0 aromatic heterocycles. The van der Waals surface area contributed by atoms with Gasteiger partial charge in [0.1, 0.15) is 11.5 Å². The number of benzene rings is 3. The van der Waals surface area contributed by atoms with E-state index in [9.17, 15) is 10.2 Å². The van der Waals surface area contributed by atoms with Gasteiger partial charge in [0.15, 0.2) is 0 Å². The van der Waals surface area contributed by atoms with Gasteiger partial charge in [-0.25, -0.2) is 0 Å². The minimum atomic E-state index is 0.234. The van der Waals surface area contributed by atoms with Crippen LogP contribution in [0.4, 0.5) is 0 Å². The molecule has 3 aromatic rings. The SMILES string of the molecule is Oc1c2c(c(O)c3cc4cc5c(cc4cc13)=CC=C5)=CC=C2. The highest BCUT2D eigenvalue weighted by Gasteiger charge is 2.15. The molecule has 3 aromatic carbocycles. The van der Waals surface area contributed by atoms with Crippen molar-refractivity contribution in [3.8, 4) is 11.5 Å². The lowest BCUT2D eigenvalue weighted by molar-refractivity contribution is 0.465. The Hall–Kier alpha value is -3.00. The Bertz CT molecular complexity index is 1180. The van der Waals surface area contributed by atoms with Crippen molar-refractivity contribution in [2.45, 2.75) is 0 Å². The van der Waals surface area contributed by atoms with Crippen LogP contribution in [0.2, 0.25) is 0 Å². The Morgan fingerprint density at radius 3 is 2.27 bits per heavy atom. The zero-order valence-corrected chi connectivity index (χ0v) is 11.7. The molecule has 2 aliphatic carbocycles. The van der Waals surface area contributed by atoms with Crippen LogP contribution in [0.1, 0.15) is 11.1 Å². The van der Waals surface area contributed by atoms with Crippen molar-refractivity contribution < 1.29 is 10.2 Å². The summed E-state index contributed by atoms with van der Waals surface area (Å²) in [5.41, 5.74) is 1.88. The third-order valence-corrected chi connectivity index (χ3v) is 4.57. The molecule has 0 atom stereocenters. The lowest BCUT2D eigenvalue weighted by Crippen LogP contribution is -2.05. The summed E-state index contributed by atoms with van der Waals surface area (Å²) in [7, 11) is 0. The maximum atomic E-state index is 10.5. The zero-order valence-electron chi connectivity index (χ0n) is 11.7. The summed E-state index contributed by atoms with van der Waals surface area (Å²) >= 11 is 0. The lowest BCUT2D eigenvalue weighted by atomic mass is 9.97. The highest BCUT2D eigenvalue weighted by atomic mass is 16.3. The highest BCUT2D eigenvalue weighted by molar-refractivity contribution is 6.06. The molecule has 2 aliphatic rings. The van der Waals surface area contributed by atoms with Crippen LogP contribution >= 0.6 is 0 Å². The van der Waals surface area contributed by atoms with Crippen molar-refractivity contribution in [3.63, 3.8) is 0 Å². The predicted octanol–water partition coefficient (Wildman–Crippen LogP) is 3.02. The number of aromatic hydroxyl groups is 2. The fourth-order valence-corrected chi connectivity index (χ4v) is 3.44. The van der Waals surface area contributed by atoms with Crippen molar-refractivity contribution in [3.05, 3.63) is 58.0 Å². The zero-order chi connectivity index (χ0) is 14.8. The normalized spacial score (nSPS) is 14.2. The third kappa shape index (κ3) is 1.34. The molecule has 2 heteroatoms. The third-order valence-electron chi connectivity index (χ3n) is 4.57. The first-order valence-corrected chi connectivity index (χ1v) is 7.24. The maximum Gasteiger partial charge on any atom is 0.131 e. The summed E-state index contributed by atoms with van der Waals surface area (Å²) in [4.78, 5) is 0. The summed E-state index contributed by atoms with van der Waals surface area (Å²) in [6.45, 7) is 0. The minimum absolute atomic E-state index is 0.234. The maximum absolute atomic E-state index is 10.5. The van der Waals surface area contributed by atoms with Crippen LogP contribution in [-0.4, -0.2) is 10.2 Å². The first-order valence-electron chi connectivity index (χ1n) is 7.24. The van der Waals surface area contributed by atoms with Crippen LogP contribution in [0, 0.1) is 0 Å². The predicted molar refractivity (Wildman–Crippen MR) is 91.0 cm³/mol. The standard InChI is InChI=1S/C20H12O2/c21-19-15-5-2-6-16(15)20(22)18-10-14-8-12-4-1-3-11(12)7-13(14)9-17(18)19/h1-10,21-22H. The lowest BCUT2D eigenvalue weighted by Gasteiger charge is -2.10. The fourth-order valence-electron chi connectivity index (χ4n) is 3.44. The van der Waals surface area contributed by atoms with Gasteiger partial charge in [-0.3, -0.25) is 0 Å². The molecule has 104 valence electrons. The molecule has 0 saturated carbocycles. The van der Waals surface area contributed by atoms with Crippen LogP contribution in [-0.2, 0) is 0 Å². The van der Waals surface area contributed by atoms with Crippen molar-refractivity contribution >= 4 is 45.8 Å². The van der Waals surface area contributed by atoms with Gasteiger partial charge in [-0.2, -0.15) is 0 Å². The average Bonchev–Trinajstić information content (AvgIpc) is 3.17. The molecule has 22 heavy (non-hydrogen) atoms. The topological polar surface area (TPSA) is 40.5 Å². The van der Waals surface area contributed by atoms with Crippen molar-refractivity contribution in [1.82, 2.24) is 0 Å². The van der Waals surface area contributed by atoms with E-state index in [0.29, 0.717) is 21.6 Å². The molecule has 0 spiro atoms. The van der Waals surface area contributed by atoms with Gasteiger partial charge in [0.25, 0.3) is 0 Å². The number of hydrogen-bond acceptors (Lipinski definition) is 2. The second kappa shape index (κ2) is 3.80. The van der Waals surface area contributed by atoms with Gasteiger partial charge in [0.05, 0.1) is 0 Å². The summed E-state index contributed by atoms with van der Waals surface area (Å²) in [5, 5.41) is 26.5. The molecule has 2 N–H and O–H groups in total. The Morgan fingerprint density at radius 2 is 1.41 bits per heavy atom. The van der Waals surface area contributed by atoms with E-state index in [1.54, 1.807) is 0 Å². The molecule has 2 nitrogen and oxygen atoms in total. The van der Waals surface area contributed by atoms with Crippen LogP contribution in [0.25, 0.3) is 45.8 Å². The Kier molecular flexibility index (Phi) is 2.01. The number of hydrogen-bond donors (Lipinski definition) is 2. The van der Waals surface area contributed by atoms with Crippen molar-refractivity contribution in [2.75, 3.05) is 0 Å². The van der Waals surface area contributed by atoms with Gasteiger partial charge in [-0.1, -0.05) is 36.5 Å². The van der Waals surface area contributed by atoms with Gasteiger partial charge < -0.3 is 10.2 Å². The molecule has 0 bridgehead atoms. The Balaban J connectivity index is 2.01. The summed E-state index contributed by atoms with van der Waals surface area (Å²) < 4.78 is 0. The molecular formula is C20H12O2. The molecule has 0 fully saturated rings. The Labute approximate surface area is 126 Å². The fraction of sp³-hybridized carbons (Fsp3) is 0. The molecule has 0 heterocycles. The summed E-state index contributed by atoms with van der Waals surface area (Å²) in [5.74, 6) is 0.467. The van der Waals surface area contributed by atoms with E-state index in [1.165, 1.54) is 10.8 Å².